The minimum atomic E-state index is -0.613. The van der Waals surface area contributed by atoms with Gasteiger partial charge in [-0.05, 0) is 46.3 Å². The second-order valence-electron chi connectivity index (χ2n) is 4.39. The number of H-pyrrole nitrogens is 2. The lowest BCUT2D eigenvalue weighted by Gasteiger charge is -2.07. The second-order valence-corrected chi connectivity index (χ2v) is 5.24. The number of carbonyl (C=O) groups excluding carboxylic acids is 1. The molecule has 0 aliphatic heterocycles. The van der Waals surface area contributed by atoms with Crippen molar-refractivity contribution in [3.05, 3.63) is 62.7 Å². The molecule has 0 spiro atoms. The minimum absolute atomic E-state index is 0.0693. The summed E-state index contributed by atoms with van der Waals surface area (Å²) in [4.78, 5) is 28.5. The van der Waals surface area contributed by atoms with Crippen LogP contribution >= 0.6 is 15.9 Å². The molecule has 0 fully saturated rings. The van der Waals surface area contributed by atoms with Gasteiger partial charge in [0.05, 0.1) is 16.6 Å². The Kier molecular flexibility index (Phi) is 3.34. The fourth-order valence-electron chi connectivity index (χ4n) is 2.02. The number of rotatable bonds is 2. The zero-order valence-corrected chi connectivity index (χ0v) is 12.1. The summed E-state index contributed by atoms with van der Waals surface area (Å²) in [6.07, 6.45) is 0. The topological polar surface area (TPSA) is 77.8 Å². The van der Waals surface area contributed by atoms with E-state index in [1.54, 1.807) is 24.3 Å². The van der Waals surface area contributed by atoms with E-state index < -0.39 is 11.7 Å². The molecule has 0 saturated heterocycles. The van der Waals surface area contributed by atoms with Crippen molar-refractivity contribution in [2.45, 2.75) is 0 Å². The molecule has 0 radical (unpaired) electrons. The third kappa shape index (κ3) is 2.59. The van der Waals surface area contributed by atoms with Gasteiger partial charge in [0.15, 0.2) is 0 Å². The number of aromatic nitrogens is 2. The summed E-state index contributed by atoms with van der Waals surface area (Å²) in [5.41, 5.74) is 1.25. The van der Waals surface area contributed by atoms with Crippen LogP contribution in [0.25, 0.3) is 11.0 Å². The van der Waals surface area contributed by atoms with Crippen molar-refractivity contribution in [2.75, 3.05) is 5.32 Å². The van der Waals surface area contributed by atoms with E-state index in [0.29, 0.717) is 21.2 Å². The fraction of sp³-hybridized carbons (Fsp3) is 0. The molecule has 1 heterocycles. The van der Waals surface area contributed by atoms with Crippen molar-refractivity contribution in [1.29, 1.82) is 0 Å². The van der Waals surface area contributed by atoms with Gasteiger partial charge in [-0.3, -0.25) is 4.79 Å². The van der Waals surface area contributed by atoms with E-state index in [1.165, 1.54) is 12.1 Å². The SMILES string of the molecule is O=C(Nc1ccc2[nH]c(=O)[nH]c2c1)c1c(F)cccc1Br. The van der Waals surface area contributed by atoms with Gasteiger partial charge in [0, 0.05) is 10.2 Å². The maximum absolute atomic E-state index is 13.7. The molecule has 0 atom stereocenters. The fourth-order valence-corrected chi connectivity index (χ4v) is 2.54. The quantitative estimate of drug-likeness (QED) is 0.664. The van der Waals surface area contributed by atoms with Gasteiger partial charge in [0.25, 0.3) is 5.91 Å². The van der Waals surface area contributed by atoms with Gasteiger partial charge >= 0.3 is 5.69 Å². The Balaban J connectivity index is 1.94. The van der Waals surface area contributed by atoms with Crippen LogP contribution in [0.3, 0.4) is 0 Å². The Morgan fingerprint density at radius 3 is 2.67 bits per heavy atom. The number of hydrogen-bond donors (Lipinski definition) is 3. The summed E-state index contributed by atoms with van der Waals surface area (Å²) >= 11 is 3.15. The molecule has 1 amide bonds. The molecule has 0 saturated carbocycles. The van der Waals surface area contributed by atoms with Crippen LogP contribution in [0.4, 0.5) is 10.1 Å². The number of amides is 1. The van der Waals surface area contributed by atoms with Crippen LogP contribution in [0.5, 0.6) is 0 Å². The molecule has 0 unspecified atom stereocenters. The van der Waals surface area contributed by atoms with Crippen molar-refractivity contribution in [3.63, 3.8) is 0 Å². The number of carbonyl (C=O) groups is 1. The van der Waals surface area contributed by atoms with Crippen molar-refractivity contribution in [2.24, 2.45) is 0 Å². The molecule has 5 nitrogen and oxygen atoms in total. The van der Waals surface area contributed by atoms with E-state index in [-0.39, 0.29) is 11.3 Å². The lowest BCUT2D eigenvalue weighted by molar-refractivity contribution is 0.102. The third-order valence-corrected chi connectivity index (χ3v) is 3.62. The van der Waals surface area contributed by atoms with Crippen LogP contribution in [0.2, 0.25) is 0 Å². The van der Waals surface area contributed by atoms with Crippen LogP contribution in [-0.4, -0.2) is 15.9 Å². The van der Waals surface area contributed by atoms with Gasteiger partial charge < -0.3 is 15.3 Å². The Hall–Kier alpha value is -2.41. The zero-order valence-electron chi connectivity index (χ0n) is 10.5. The highest BCUT2D eigenvalue weighted by Gasteiger charge is 2.15. The van der Waals surface area contributed by atoms with Crippen molar-refractivity contribution >= 4 is 38.6 Å². The van der Waals surface area contributed by atoms with Crippen molar-refractivity contribution < 1.29 is 9.18 Å². The first-order valence-electron chi connectivity index (χ1n) is 6.02. The summed E-state index contributed by atoms with van der Waals surface area (Å²) in [5.74, 6) is -1.18. The first kappa shape index (κ1) is 13.6. The van der Waals surface area contributed by atoms with E-state index in [2.05, 4.69) is 31.2 Å². The molecule has 2 aromatic carbocycles. The first-order valence-corrected chi connectivity index (χ1v) is 6.81. The smallest absolute Gasteiger partial charge is 0.322 e. The van der Waals surface area contributed by atoms with Gasteiger partial charge in [-0.1, -0.05) is 6.07 Å². The van der Waals surface area contributed by atoms with E-state index in [4.69, 9.17) is 0 Å². The van der Waals surface area contributed by atoms with Crippen LogP contribution in [0.15, 0.2) is 45.7 Å². The lowest BCUT2D eigenvalue weighted by atomic mass is 10.2. The van der Waals surface area contributed by atoms with Crippen molar-refractivity contribution in [1.82, 2.24) is 9.97 Å². The standard InChI is InChI=1S/C14H9BrFN3O2/c15-8-2-1-3-9(16)12(8)13(20)17-7-4-5-10-11(6-7)19-14(21)18-10/h1-6H,(H,17,20)(H2,18,19,21). The summed E-state index contributed by atoms with van der Waals surface area (Å²) in [7, 11) is 0. The van der Waals surface area contributed by atoms with Gasteiger partial charge in [-0.25, -0.2) is 9.18 Å². The largest absolute Gasteiger partial charge is 0.323 e. The van der Waals surface area contributed by atoms with Gasteiger partial charge in [0.1, 0.15) is 5.82 Å². The average Bonchev–Trinajstić information content (AvgIpc) is 2.77. The third-order valence-electron chi connectivity index (χ3n) is 2.96. The number of aromatic amines is 2. The molecule has 21 heavy (non-hydrogen) atoms. The number of benzene rings is 2. The van der Waals surface area contributed by atoms with E-state index in [1.807, 2.05) is 0 Å². The van der Waals surface area contributed by atoms with Crippen LogP contribution in [0, 0.1) is 5.82 Å². The molecule has 7 heteroatoms. The Labute approximate surface area is 126 Å². The van der Waals surface area contributed by atoms with Crippen LogP contribution in [-0.2, 0) is 0 Å². The van der Waals surface area contributed by atoms with Gasteiger partial charge in [-0.15, -0.1) is 0 Å². The molecule has 0 aliphatic rings. The molecule has 0 aliphatic carbocycles. The monoisotopic (exact) mass is 349 g/mol. The number of hydrogen-bond acceptors (Lipinski definition) is 2. The number of imidazole rings is 1. The van der Waals surface area contributed by atoms with E-state index in [9.17, 15) is 14.0 Å². The molecule has 106 valence electrons. The second kappa shape index (κ2) is 5.17. The Bertz CT molecular complexity index is 880. The predicted molar refractivity (Wildman–Crippen MR) is 81.0 cm³/mol. The van der Waals surface area contributed by atoms with E-state index in [0.717, 1.165) is 0 Å². The molecular weight excluding hydrogens is 341 g/mol. The number of anilines is 1. The highest BCUT2D eigenvalue weighted by Crippen LogP contribution is 2.22. The maximum Gasteiger partial charge on any atom is 0.323 e. The Morgan fingerprint density at radius 2 is 1.90 bits per heavy atom. The summed E-state index contributed by atoms with van der Waals surface area (Å²) in [6, 6.07) is 9.18. The summed E-state index contributed by atoms with van der Waals surface area (Å²) in [5, 5.41) is 2.60. The predicted octanol–water partition coefficient (Wildman–Crippen LogP) is 3.01. The number of halogens is 2. The van der Waals surface area contributed by atoms with Crippen molar-refractivity contribution in [3.8, 4) is 0 Å². The molecule has 3 rings (SSSR count). The molecular formula is C14H9BrFN3O2. The van der Waals surface area contributed by atoms with Gasteiger partial charge in [-0.2, -0.15) is 0 Å². The lowest BCUT2D eigenvalue weighted by Crippen LogP contribution is -2.14. The Morgan fingerprint density at radius 1 is 1.14 bits per heavy atom. The summed E-state index contributed by atoms with van der Waals surface area (Å²) in [6.45, 7) is 0. The number of nitrogens with one attached hydrogen (secondary N) is 3. The highest BCUT2D eigenvalue weighted by atomic mass is 79.9. The normalized spacial score (nSPS) is 10.8. The molecule has 1 aromatic heterocycles. The van der Waals surface area contributed by atoms with Crippen LogP contribution in [0.1, 0.15) is 10.4 Å². The average molecular weight is 350 g/mol. The molecule has 3 aromatic rings. The summed E-state index contributed by atoms with van der Waals surface area (Å²) < 4.78 is 14.1. The van der Waals surface area contributed by atoms with E-state index >= 15 is 0 Å². The number of fused-ring (bicyclic) bond motifs is 1. The maximum atomic E-state index is 13.7. The first-order chi connectivity index (χ1) is 10.0. The highest BCUT2D eigenvalue weighted by molar-refractivity contribution is 9.10. The minimum Gasteiger partial charge on any atom is -0.322 e. The van der Waals surface area contributed by atoms with Crippen LogP contribution < -0.4 is 11.0 Å². The molecule has 3 N–H and O–H groups in total. The molecule has 0 bridgehead atoms. The zero-order chi connectivity index (χ0) is 15.0. The van der Waals surface area contributed by atoms with Gasteiger partial charge in [0.2, 0.25) is 0 Å².